The summed E-state index contributed by atoms with van der Waals surface area (Å²) in [4.78, 5) is 9.58. The van der Waals surface area contributed by atoms with E-state index in [1.54, 1.807) is 0 Å². The van der Waals surface area contributed by atoms with Gasteiger partial charge >= 0.3 is 5.88 Å². The molecule has 0 saturated carbocycles. The van der Waals surface area contributed by atoms with Crippen LogP contribution in [0.3, 0.4) is 0 Å². The Morgan fingerprint density at radius 1 is 1.60 bits per heavy atom. The molecule has 2 aromatic rings. The predicted octanol–water partition coefficient (Wildman–Crippen LogP) is 1.30. The van der Waals surface area contributed by atoms with E-state index < -0.39 is 16.6 Å². The second kappa shape index (κ2) is 3.08. The van der Waals surface area contributed by atoms with Crippen molar-refractivity contribution in [1.82, 2.24) is 10.2 Å². The van der Waals surface area contributed by atoms with Crippen molar-refractivity contribution in [2.75, 3.05) is 5.73 Å². The number of nitro groups is 1. The summed E-state index contributed by atoms with van der Waals surface area (Å²) in [5.74, 6) is -1.61. The molecule has 8 heteroatoms. The first-order valence-corrected chi connectivity index (χ1v) is 3.83. The van der Waals surface area contributed by atoms with Crippen molar-refractivity contribution in [2.24, 2.45) is 0 Å². The molecule has 2 rings (SSSR count). The zero-order valence-corrected chi connectivity index (χ0v) is 7.23. The molecule has 0 aromatic carbocycles. The number of nitrogens with one attached hydrogen (secondary N) is 1. The third-order valence-corrected chi connectivity index (χ3v) is 1.75. The summed E-state index contributed by atoms with van der Waals surface area (Å²) in [7, 11) is 0. The van der Waals surface area contributed by atoms with E-state index in [0.717, 1.165) is 6.07 Å². The highest BCUT2D eigenvalue weighted by Gasteiger charge is 2.19. The molecule has 3 N–H and O–H groups in total. The summed E-state index contributed by atoms with van der Waals surface area (Å²) in [5.41, 5.74) is 5.04. The minimum Gasteiger partial charge on any atom is -0.399 e. The van der Waals surface area contributed by atoms with Crippen molar-refractivity contribution in [1.29, 1.82) is 0 Å². The number of aromatic amines is 1. The maximum absolute atomic E-state index is 13.2. The van der Waals surface area contributed by atoms with Crippen LogP contribution in [0.1, 0.15) is 0 Å². The van der Waals surface area contributed by atoms with Crippen molar-refractivity contribution in [2.45, 2.75) is 0 Å². The van der Waals surface area contributed by atoms with Crippen LogP contribution in [0, 0.1) is 15.9 Å². The number of aromatic nitrogens is 2. The van der Waals surface area contributed by atoms with Gasteiger partial charge in [-0.05, 0) is 6.07 Å². The van der Waals surface area contributed by atoms with Gasteiger partial charge in [-0.2, -0.15) is 5.10 Å². The summed E-state index contributed by atoms with van der Waals surface area (Å²) in [6, 6.07) is 2.37. The number of nitrogens with zero attached hydrogens (tertiary/aromatic N) is 2. The maximum Gasteiger partial charge on any atom is 0.433 e. The van der Waals surface area contributed by atoms with E-state index in [1.165, 1.54) is 6.07 Å². The van der Waals surface area contributed by atoms with Crippen LogP contribution in [-0.2, 0) is 0 Å². The zero-order chi connectivity index (χ0) is 11.0. The Labute approximate surface area is 81.8 Å². The molecule has 0 aliphatic carbocycles. The Morgan fingerprint density at radius 3 is 2.80 bits per heavy atom. The highest BCUT2D eigenvalue weighted by Crippen LogP contribution is 2.27. The van der Waals surface area contributed by atoms with Gasteiger partial charge in [0.1, 0.15) is 10.6 Å². The Kier molecular flexibility index (Phi) is 1.89. The lowest BCUT2D eigenvalue weighted by Gasteiger charge is -1.89. The van der Waals surface area contributed by atoms with Gasteiger partial charge in [0.15, 0.2) is 17.4 Å². The minimum absolute atomic E-state index is 0.0246. The van der Waals surface area contributed by atoms with Crippen LogP contribution in [0.4, 0.5) is 16.1 Å². The van der Waals surface area contributed by atoms with Crippen LogP contribution >= 0.6 is 0 Å². The molecule has 0 aliphatic rings. The number of anilines is 1. The summed E-state index contributed by atoms with van der Waals surface area (Å²) < 4.78 is 18.0. The average Bonchev–Trinajstić information content (AvgIpc) is 2.76. The molecule has 0 bridgehead atoms. The van der Waals surface area contributed by atoms with Crippen LogP contribution in [0.2, 0.25) is 0 Å². The average molecular weight is 212 g/mol. The smallest absolute Gasteiger partial charge is 0.399 e. The molecule has 2 heterocycles. The standard InChI is InChI=1S/C7H5FN4O3/c8-5-6(10-11-7(5)9)3-1-2-4(15-3)12(13)14/h1-2H,(H3,9,10,11). The first kappa shape index (κ1) is 9.19. The van der Waals surface area contributed by atoms with Crippen molar-refractivity contribution < 1.29 is 13.7 Å². The highest BCUT2D eigenvalue weighted by atomic mass is 19.1. The second-order valence-electron chi connectivity index (χ2n) is 2.69. The quantitative estimate of drug-likeness (QED) is 0.575. The fourth-order valence-electron chi connectivity index (χ4n) is 1.07. The summed E-state index contributed by atoms with van der Waals surface area (Å²) >= 11 is 0. The number of hydrogen-bond donors (Lipinski definition) is 2. The summed E-state index contributed by atoms with van der Waals surface area (Å²) in [6.07, 6.45) is 0. The van der Waals surface area contributed by atoms with Gasteiger partial charge in [0, 0.05) is 0 Å². The number of H-pyrrole nitrogens is 1. The molecule has 0 unspecified atom stereocenters. The minimum atomic E-state index is -0.792. The van der Waals surface area contributed by atoms with E-state index in [1.807, 2.05) is 0 Å². The van der Waals surface area contributed by atoms with Crippen LogP contribution < -0.4 is 5.73 Å². The number of nitrogens with two attached hydrogens (primary N) is 1. The molecule has 0 amide bonds. The van der Waals surface area contributed by atoms with Crippen LogP contribution in [0.25, 0.3) is 11.5 Å². The van der Waals surface area contributed by atoms with Gasteiger partial charge in [0.25, 0.3) is 0 Å². The van der Waals surface area contributed by atoms with Crippen LogP contribution in [-0.4, -0.2) is 15.1 Å². The third kappa shape index (κ3) is 1.41. The van der Waals surface area contributed by atoms with E-state index in [-0.39, 0.29) is 17.3 Å². The number of halogens is 1. The molecule has 0 aliphatic heterocycles. The molecular weight excluding hydrogens is 207 g/mol. The summed E-state index contributed by atoms with van der Waals surface area (Å²) in [5, 5.41) is 16.0. The largest absolute Gasteiger partial charge is 0.433 e. The van der Waals surface area contributed by atoms with E-state index in [0.29, 0.717) is 0 Å². The van der Waals surface area contributed by atoms with Crippen molar-refractivity contribution >= 4 is 11.7 Å². The molecule has 0 spiro atoms. The van der Waals surface area contributed by atoms with Gasteiger partial charge in [-0.15, -0.1) is 0 Å². The lowest BCUT2D eigenvalue weighted by atomic mass is 10.3. The fourth-order valence-corrected chi connectivity index (χ4v) is 1.07. The molecule has 0 atom stereocenters. The molecular formula is C7H5FN4O3. The third-order valence-electron chi connectivity index (χ3n) is 1.75. The molecule has 0 radical (unpaired) electrons. The molecule has 15 heavy (non-hydrogen) atoms. The number of furan rings is 1. The molecule has 7 nitrogen and oxygen atoms in total. The van der Waals surface area contributed by atoms with Gasteiger partial charge in [0.05, 0.1) is 6.07 Å². The van der Waals surface area contributed by atoms with E-state index in [9.17, 15) is 14.5 Å². The van der Waals surface area contributed by atoms with Crippen molar-refractivity contribution in [3.05, 3.63) is 28.1 Å². The van der Waals surface area contributed by atoms with Gasteiger partial charge in [-0.1, -0.05) is 0 Å². The highest BCUT2D eigenvalue weighted by molar-refractivity contribution is 5.58. The van der Waals surface area contributed by atoms with E-state index in [4.69, 9.17) is 10.2 Å². The predicted molar refractivity (Wildman–Crippen MR) is 47.3 cm³/mol. The van der Waals surface area contributed by atoms with E-state index in [2.05, 4.69) is 10.2 Å². The molecule has 0 fully saturated rings. The lowest BCUT2D eigenvalue weighted by molar-refractivity contribution is -0.401. The van der Waals surface area contributed by atoms with Crippen molar-refractivity contribution in [3.8, 4) is 11.5 Å². The van der Waals surface area contributed by atoms with Gasteiger partial charge in [0.2, 0.25) is 0 Å². The van der Waals surface area contributed by atoms with Crippen molar-refractivity contribution in [3.63, 3.8) is 0 Å². The molecule has 2 aromatic heterocycles. The van der Waals surface area contributed by atoms with Gasteiger partial charge in [-0.3, -0.25) is 15.2 Å². The van der Waals surface area contributed by atoms with Crippen LogP contribution in [0.5, 0.6) is 0 Å². The normalized spacial score (nSPS) is 10.5. The number of rotatable bonds is 2. The Hall–Kier alpha value is -2.38. The lowest BCUT2D eigenvalue weighted by Crippen LogP contribution is -1.87. The number of hydrogen-bond acceptors (Lipinski definition) is 5. The number of nitrogen functional groups attached to an aromatic ring is 1. The topological polar surface area (TPSA) is 111 Å². The van der Waals surface area contributed by atoms with Gasteiger partial charge in [-0.25, -0.2) is 4.39 Å². The Morgan fingerprint density at radius 2 is 2.33 bits per heavy atom. The molecule has 78 valence electrons. The monoisotopic (exact) mass is 212 g/mol. The summed E-state index contributed by atoms with van der Waals surface area (Å²) in [6.45, 7) is 0. The van der Waals surface area contributed by atoms with Gasteiger partial charge < -0.3 is 10.2 Å². The zero-order valence-electron chi connectivity index (χ0n) is 7.23. The Balaban J connectivity index is 2.46. The Bertz CT molecular complexity index is 518. The first-order chi connectivity index (χ1) is 7.09. The SMILES string of the molecule is Nc1n[nH]c(-c2ccc([N+](=O)[O-])o2)c1F. The second-order valence-corrected chi connectivity index (χ2v) is 2.69. The maximum atomic E-state index is 13.2. The van der Waals surface area contributed by atoms with E-state index >= 15 is 0 Å². The van der Waals surface area contributed by atoms with Crippen LogP contribution in [0.15, 0.2) is 16.5 Å². The first-order valence-electron chi connectivity index (χ1n) is 3.83. The molecule has 0 saturated heterocycles. The fraction of sp³-hybridized carbons (Fsp3) is 0.